The zero-order chi connectivity index (χ0) is 141. The molecule has 0 spiro atoms. The van der Waals surface area contributed by atoms with Gasteiger partial charge in [0.15, 0.2) is 0 Å². The fraction of sp³-hybridized carbons (Fsp3) is 0.0917. The Morgan fingerprint density at radius 3 is 1.01 bits per heavy atom. The summed E-state index contributed by atoms with van der Waals surface area (Å²) in [6.07, 6.45) is 17.0. The Hall–Kier alpha value is -14.7. The largest absolute Gasteiger partial charge is 0.264 e. The average molecular weight is 1640 g/mol. The molecule has 0 bridgehead atoms. The van der Waals surface area contributed by atoms with Crippen LogP contribution in [0, 0.1) is 13.8 Å². The Balaban J connectivity index is -0.000000173. The molecule has 9 nitrogen and oxygen atoms in total. The first-order valence-electron chi connectivity index (χ1n) is 72.0. The van der Waals surface area contributed by atoms with Crippen LogP contribution in [0.2, 0.25) is 0 Å². The smallest absolute Gasteiger partial charge is 0.128 e. The van der Waals surface area contributed by atoms with Crippen molar-refractivity contribution in [1.29, 1.82) is 0 Å². The van der Waals surface area contributed by atoms with Gasteiger partial charge in [-0.2, -0.15) is 0 Å². The lowest BCUT2D eigenvalue weighted by Crippen LogP contribution is -1.94. The lowest BCUT2D eigenvalue weighted by Gasteiger charge is -2.10. The Labute approximate surface area is 778 Å². The number of pyridine rings is 5. The van der Waals surface area contributed by atoms with E-state index in [2.05, 4.69) is 331 Å². The van der Waals surface area contributed by atoms with Crippen LogP contribution in [0.1, 0.15) is 154 Å². The van der Waals surface area contributed by atoms with Crippen LogP contribution in [-0.4, -0.2) is 44.9 Å². The van der Waals surface area contributed by atoms with Crippen molar-refractivity contribution < 1.29 is 91.8 Å². The predicted molar refractivity (Wildman–Crippen MR) is 564 cm³/mol. The first-order valence-corrected chi connectivity index (χ1v) is 40.6. The summed E-state index contributed by atoms with van der Waals surface area (Å²) in [5, 5.41) is 36.8. The fourth-order valence-corrected chi connectivity index (χ4v) is 17.2. The topological polar surface area (TPSA) is 116 Å². The molecule has 24 aromatic rings. The molecule has 0 saturated carbocycles. The lowest BCUT2D eigenvalue weighted by atomic mass is 9.95. The van der Waals surface area contributed by atoms with Crippen molar-refractivity contribution in [3.63, 3.8) is 0 Å². The molecule has 24 rings (SSSR count). The van der Waals surface area contributed by atoms with Crippen molar-refractivity contribution in [3.8, 4) is 0 Å². The average Bonchev–Trinajstić information content (AvgIpc) is 0.768. The lowest BCUT2D eigenvalue weighted by molar-refractivity contribution is 0.963. The molecule has 624 valence electrons. The summed E-state index contributed by atoms with van der Waals surface area (Å²) in [6, 6.07) is 106. The van der Waals surface area contributed by atoms with E-state index in [-0.39, 0.29) is 0 Å². The molecular weight excluding hydrogens is 1440 g/mol. The molecule has 0 unspecified atom stereocenters. The van der Waals surface area contributed by atoms with Crippen LogP contribution in [0.25, 0.3) is 195 Å². The van der Waals surface area contributed by atoms with Gasteiger partial charge in [-0.1, -0.05) is 312 Å². The van der Waals surface area contributed by atoms with Gasteiger partial charge in [-0.05, 0) is 160 Å². The maximum atomic E-state index is 7.57. The molecule has 0 N–H and O–H groups in total. The molecule has 7 aromatic heterocycles. The summed E-state index contributed by atoms with van der Waals surface area (Å²) in [4.78, 5) is 41.5. The van der Waals surface area contributed by atoms with Crippen LogP contribution in [-0.2, 0) is 25.7 Å². The molecule has 7 heterocycles. The molecule has 0 atom stereocenters. The van der Waals surface area contributed by atoms with Crippen molar-refractivity contribution in [3.05, 3.63) is 381 Å². The van der Waals surface area contributed by atoms with Gasteiger partial charge >= 0.3 is 0 Å². The summed E-state index contributed by atoms with van der Waals surface area (Å²) in [5.74, 6) is 0.901. The number of hydrogen-bond donors (Lipinski definition) is 0. The van der Waals surface area contributed by atoms with Crippen LogP contribution < -0.4 is 0 Å². The second kappa shape index (κ2) is 32.0. The number of aromatic nitrogens is 9. The molecule has 118 heavy (non-hydrogen) atoms. The molecule has 0 aliphatic heterocycles. The minimum absolute atomic E-state index is 0.294. The zero-order valence-electron chi connectivity index (χ0n) is 128. The van der Waals surface area contributed by atoms with E-state index >= 15 is 0 Å². The van der Waals surface area contributed by atoms with E-state index in [9.17, 15) is 0 Å². The fourth-order valence-electron chi connectivity index (χ4n) is 17.2. The van der Waals surface area contributed by atoms with Gasteiger partial charge in [0.1, 0.15) is 5.82 Å². The van der Waals surface area contributed by atoms with Crippen LogP contribution in [0.15, 0.2) is 347 Å². The van der Waals surface area contributed by atoms with E-state index in [0.29, 0.717) is 13.8 Å². The van der Waals surface area contributed by atoms with E-state index in [1.54, 1.807) is 6.20 Å². The summed E-state index contributed by atoms with van der Waals surface area (Å²) < 4.78 is 315. The van der Waals surface area contributed by atoms with Crippen LogP contribution >= 0.6 is 0 Å². The van der Waals surface area contributed by atoms with Crippen molar-refractivity contribution in [1.82, 2.24) is 44.9 Å². The molecule has 0 aliphatic rings. The third-order valence-corrected chi connectivity index (χ3v) is 22.9. The molecule has 9 heteroatoms. The van der Waals surface area contributed by atoms with E-state index in [0.717, 1.165) is 125 Å². The summed E-state index contributed by atoms with van der Waals surface area (Å²) in [6.45, 7) is 9.10. The van der Waals surface area contributed by atoms with Gasteiger partial charge in [0, 0.05) is 218 Å². The molecule has 0 saturated heterocycles. The van der Waals surface area contributed by atoms with E-state index in [4.69, 9.17) is 107 Å². The summed E-state index contributed by atoms with van der Waals surface area (Å²) >= 11 is 0. The second-order valence-corrected chi connectivity index (χ2v) is 29.8. The van der Waals surface area contributed by atoms with Crippen LogP contribution in [0.5, 0.6) is 0 Å². The standard InChI is InChI=1S/2C19H15N.2C18H14N2.C18H13N.C17H12N2.30H2/c1-2-13-11-18-16-9-5-3-7-14(16)15-8-4-6-10-17(15)19(18)12-20-13;1-2-13-11-12-18-16-9-4-3-7-14(16)15-8-5-6-10-17(15)19(18)20-13;1-2-12-11-19-17-15-9-5-3-7-13(15)14-8-4-6-10-16(14)18(17)20-12;1-2-17-19-11-16-14-9-4-3-7-12(14)13-8-5-6-10-15(13)18(16)20-17;1-12-8-9-14-13-5-2-3-6-15(13)18-16(17(14)11-12)7-4-10-19-18;1-11-4-5-12-13-3-2-7-19-17(13)14-6-8-18-10-16(14)15(12)9-11;;;;;;;;;;;;;;;;;;;;;;;;;;;;;;/h2*3-12H,2H2,1H3;2*3-11H,2H2,1H3;2-11H,1H3;2-10H,1H3;30*1H/i;;;;2*1D;30*1+1D. The highest BCUT2D eigenvalue weighted by atomic mass is 14.9. The predicted octanol–water partition coefficient (Wildman–Crippen LogP) is 35.7. The van der Waals surface area contributed by atoms with Crippen LogP contribution in [0.3, 0.4) is 0 Å². The van der Waals surface area contributed by atoms with Gasteiger partial charge in [-0.25, -0.2) is 15.0 Å². The molecule has 17 aromatic carbocycles. The van der Waals surface area contributed by atoms with Crippen LogP contribution in [0.4, 0.5) is 0 Å². The maximum absolute atomic E-state index is 7.57. The van der Waals surface area contributed by atoms with Crippen molar-refractivity contribution in [2.75, 3.05) is 0 Å². The SMILES string of the molecule is CCc1cc2c3ccccc3c3ccccc3c2cn1.CCc1ccc2c3ccccc3c3ccccc3c2n1.CCc1cnc2c3ccccc3c3ccccc3c2n1.CCc1ncc2c3ccccc3c3ccccc3c2n1.[2H]Cc1ccc2c(c1)c1cnccc1c1ncccc21.[2H]Cc1ccc2c3ccccc3c3ncccc3c2c1.[2H][2H].[2H][2H].[2H][2H].[2H][2H].[2H][2H].[2H][2H].[2H][2H].[2H][2H].[2H][2H].[2H][2H].[2H][2H].[2H][2H].[2H][2H].[2H][2H].[2H][2H].[2H][2H].[2H][2H].[2H][2H].[2H][2H].[2H][2H].[2H][2H].[2H][2H].[2H][2H].[2H][2H].[2H][2H].[2H][2H].[2H][2H].[2H][2H].[2H][2H].[2H][2H]. The Morgan fingerprint density at radius 1 is 0.212 bits per heavy atom. The highest BCUT2D eigenvalue weighted by Gasteiger charge is 2.17. The quantitative estimate of drug-likeness (QED) is 0.159. The van der Waals surface area contributed by atoms with E-state index < -0.39 is 0 Å². The van der Waals surface area contributed by atoms with Gasteiger partial charge in [0.05, 0.1) is 38.8 Å². The van der Waals surface area contributed by atoms with Gasteiger partial charge < -0.3 is 0 Å². The molecular formula is C109H143N9. The monoisotopic (exact) mass is 1640 g/mol. The Bertz CT molecular complexity index is 6830. The maximum Gasteiger partial charge on any atom is 0.128 e. The molecule has 0 fully saturated rings. The van der Waals surface area contributed by atoms with E-state index in [1.165, 1.54) is 129 Å². The molecule has 0 radical (unpaired) electrons. The second-order valence-electron chi connectivity index (χ2n) is 29.8. The number of nitrogens with zero attached hydrogens (tertiary/aromatic N) is 9. The number of aryl methyl sites for hydroxylation is 6. The number of hydrogen-bond acceptors (Lipinski definition) is 9. The summed E-state index contributed by atoms with van der Waals surface area (Å²) in [7, 11) is 0. The highest BCUT2D eigenvalue weighted by molar-refractivity contribution is 6.29. The number of benzene rings is 17. The van der Waals surface area contributed by atoms with Gasteiger partial charge in [-0.3, -0.25) is 29.9 Å². The third kappa shape index (κ3) is 13.5. The van der Waals surface area contributed by atoms with Gasteiger partial charge in [0.25, 0.3) is 0 Å². The number of fused-ring (bicyclic) bond motifs is 36. The summed E-state index contributed by atoms with van der Waals surface area (Å²) in [5.41, 5.74) is 11.6. The molecule has 0 aliphatic carbocycles. The van der Waals surface area contributed by atoms with Gasteiger partial charge in [-0.15, -0.1) is 0 Å². The Kier molecular flexibility index (Phi) is 12.5. The van der Waals surface area contributed by atoms with Crippen molar-refractivity contribution >= 4 is 195 Å². The zero-order valence-corrected chi connectivity index (χ0v) is 66.2. The normalized spacial score (nSPS) is 13.7. The minimum atomic E-state index is 0.294. The highest BCUT2D eigenvalue weighted by Crippen LogP contribution is 2.41. The first-order chi connectivity index (χ1) is 89.3. The Morgan fingerprint density at radius 2 is 0.534 bits per heavy atom. The van der Waals surface area contributed by atoms with Crippen molar-refractivity contribution in [2.24, 2.45) is 0 Å². The van der Waals surface area contributed by atoms with Gasteiger partial charge in [0.2, 0.25) is 0 Å². The van der Waals surface area contributed by atoms with E-state index in [1.807, 2.05) is 67.5 Å². The van der Waals surface area contributed by atoms with Crippen molar-refractivity contribution in [2.45, 2.75) is 67.2 Å². The first kappa shape index (κ1) is 46.0. The molecule has 0 amide bonds. The number of rotatable bonds is 4. The minimum Gasteiger partial charge on any atom is -0.264 e. The third-order valence-electron chi connectivity index (χ3n) is 22.9.